The number of aryl methyl sites for hydroxylation is 1. The summed E-state index contributed by atoms with van der Waals surface area (Å²) in [6, 6.07) is 18.3. The van der Waals surface area contributed by atoms with Crippen molar-refractivity contribution in [2.75, 3.05) is 5.32 Å². The maximum atomic E-state index is 10.0. The highest BCUT2D eigenvalue weighted by Crippen LogP contribution is 2.25. The highest BCUT2D eigenvalue weighted by atomic mass is 79.9. The second-order valence-corrected chi connectivity index (χ2v) is 6.06. The van der Waals surface area contributed by atoms with Crippen LogP contribution in [0.25, 0.3) is 10.8 Å². The average Bonchev–Trinajstić information content (AvgIpc) is 2.49. The Morgan fingerprint density at radius 1 is 1.00 bits per heavy atom. The van der Waals surface area contributed by atoms with Gasteiger partial charge in [-0.2, -0.15) is 0 Å². The number of nitrogens with one attached hydrogen (secondary N) is 1. The molecule has 0 spiro atoms. The Labute approximate surface area is 132 Å². The fraction of sp³-hybridized carbons (Fsp3) is 0.111. The van der Waals surface area contributed by atoms with E-state index in [1.807, 2.05) is 31.2 Å². The van der Waals surface area contributed by atoms with Crippen molar-refractivity contribution in [3.63, 3.8) is 0 Å². The number of halogens is 1. The van der Waals surface area contributed by atoms with E-state index in [4.69, 9.17) is 0 Å². The van der Waals surface area contributed by atoms with Crippen LogP contribution < -0.4 is 5.32 Å². The van der Waals surface area contributed by atoms with Crippen molar-refractivity contribution >= 4 is 32.4 Å². The summed E-state index contributed by atoms with van der Waals surface area (Å²) < 4.78 is 1.08. The van der Waals surface area contributed by atoms with Crippen LogP contribution in [0.3, 0.4) is 0 Å². The van der Waals surface area contributed by atoms with Crippen LogP contribution in [0, 0.1) is 6.92 Å². The topological polar surface area (TPSA) is 32.3 Å². The highest BCUT2D eigenvalue weighted by Gasteiger charge is 2.03. The predicted octanol–water partition coefficient (Wildman–Crippen LogP) is 5.23. The molecule has 3 aromatic carbocycles. The molecular formula is C18H16BrNO. The standard InChI is InChI=1S/C18H16BrNO/c1-12-3-2-4-15(18(12)21)11-20-17-8-6-13-9-16(19)7-5-14(13)10-17/h2-10,20-21H,11H2,1H3. The lowest BCUT2D eigenvalue weighted by Gasteiger charge is -2.10. The molecular weight excluding hydrogens is 326 g/mol. The molecule has 2 N–H and O–H groups in total. The molecule has 3 aromatic rings. The summed E-state index contributed by atoms with van der Waals surface area (Å²) in [4.78, 5) is 0. The maximum absolute atomic E-state index is 10.0. The summed E-state index contributed by atoms with van der Waals surface area (Å²) in [5, 5.41) is 15.8. The van der Waals surface area contributed by atoms with E-state index in [0.29, 0.717) is 12.3 Å². The predicted molar refractivity (Wildman–Crippen MR) is 91.8 cm³/mol. The van der Waals surface area contributed by atoms with E-state index in [1.54, 1.807) is 0 Å². The number of phenolic OH excluding ortho intramolecular Hbond substituents is 1. The molecule has 0 saturated carbocycles. The van der Waals surface area contributed by atoms with Crippen LogP contribution >= 0.6 is 15.9 Å². The van der Waals surface area contributed by atoms with Crippen LogP contribution in [0.2, 0.25) is 0 Å². The van der Waals surface area contributed by atoms with E-state index in [-0.39, 0.29) is 0 Å². The van der Waals surface area contributed by atoms with Crippen molar-refractivity contribution in [3.05, 3.63) is 70.2 Å². The minimum absolute atomic E-state index is 0.370. The lowest BCUT2D eigenvalue weighted by Crippen LogP contribution is -2.00. The van der Waals surface area contributed by atoms with Crippen LogP contribution in [0.1, 0.15) is 11.1 Å². The van der Waals surface area contributed by atoms with Crippen molar-refractivity contribution in [2.24, 2.45) is 0 Å². The van der Waals surface area contributed by atoms with E-state index in [2.05, 4.69) is 51.6 Å². The molecule has 3 heteroatoms. The summed E-state index contributed by atoms with van der Waals surface area (Å²) in [5.41, 5.74) is 2.86. The Balaban J connectivity index is 1.82. The van der Waals surface area contributed by atoms with Gasteiger partial charge in [-0.25, -0.2) is 0 Å². The molecule has 0 aromatic heterocycles. The van der Waals surface area contributed by atoms with E-state index < -0.39 is 0 Å². The molecule has 0 saturated heterocycles. The van der Waals surface area contributed by atoms with Gasteiger partial charge in [0.2, 0.25) is 0 Å². The molecule has 0 fully saturated rings. The SMILES string of the molecule is Cc1cccc(CNc2ccc3cc(Br)ccc3c2)c1O. The van der Waals surface area contributed by atoms with Crippen molar-refractivity contribution in [1.82, 2.24) is 0 Å². The number of anilines is 1. The minimum Gasteiger partial charge on any atom is -0.507 e. The largest absolute Gasteiger partial charge is 0.507 e. The van der Waals surface area contributed by atoms with Crippen molar-refractivity contribution in [2.45, 2.75) is 13.5 Å². The molecule has 0 aliphatic heterocycles. The number of hydrogen-bond donors (Lipinski definition) is 2. The van der Waals surface area contributed by atoms with Crippen LogP contribution in [0.5, 0.6) is 5.75 Å². The van der Waals surface area contributed by atoms with Gasteiger partial charge in [-0.15, -0.1) is 0 Å². The molecule has 0 atom stereocenters. The third kappa shape index (κ3) is 3.03. The smallest absolute Gasteiger partial charge is 0.123 e. The Hall–Kier alpha value is -2.00. The van der Waals surface area contributed by atoms with E-state index in [1.165, 1.54) is 10.8 Å². The van der Waals surface area contributed by atoms with Crippen molar-refractivity contribution in [1.29, 1.82) is 0 Å². The molecule has 0 aliphatic rings. The van der Waals surface area contributed by atoms with Gasteiger partial charge in [0.05, 0.1) is 0 Å². The number of hydrogen-bond acceptors (Lipinski definition) is 2. The molecule has 0 bridgehead atoms. The molecule has 0 amide bonds. The first-order valence-electron chi connectivity index (χ1n) is 6.84. The number of rotatable bonds is 3. The maximum Gasteiger partial charge on any atom is 0.123 e. The number of aromatic hydroxyl groups is 1. The van der Waals surface area contributed by atoms with E-state index in [0.717, 1.165) is 21.3 Å². The Morgan fingerprint density at radius 3 is 2.62 bits per heavy atom. The van der Waals surface area contributed by atoms with Gasteiger partial charge in [-0.3, -0.25) is 0 Å². The zero-order chi connectivity index (χ0) is 14.8. The summed E-state index contributed by atoms with van der Waals surface area (Å²) in [6.45, 7) is 2.52. The fourth-order valence-corrected chi connectivity index (χ4v) is 2.77. The molecule has 2 nitrogen and oxygen atoms in total. The minimum atomic E-state index is 0.370. The Kier molecular flexibility index (Phi) is 3.84. The van der Waals surface area contributed by atoms with Gasteiger partial charge in [0.1, 0.15) is 5.75 Å². The van der Waals surface area contributed by atoms with Gasteiger partial charge in [-0.05, 0) is 47.5 Å². The first kappa shape index (κ1) is 14.0. The third-order valence-electron chi connectivity index (χ3n) is 3.61. The lowest BCUT2D eigenvalue weighted by molar-refractivity contribution is 0.465. The van der Waals surface area contributed by atoms with Crippen LogP contribution in [0.4, 0.5) is 5.69 Å². The lowest BCUT2D eigenvalue weighted by atomic mass is 10.1. The first-order chi connectivity index (χ1) is 10.1. The van der Waals surface area contributed by atoms with Gasteiger partial charge in [0.25, 0.3) is 0 Å². The normalized spacial score (nSPS) is 10.8. The number of benzene rings is 3. The van der Waals surface area contributed by atoms with Crippen molar-refractivity contribution < 1.29 is 5.11 Å². The average molecular weight is 342 g/mol. The van der Waals surface area contributed by atoms with Gasteiger partial charge in [-0.1, -0.05) is 46.3 Å². The molecule has 21 heavy (non-hydrogen) atoms. The molecule has 0 unspecified atom stereocenters. The molecule has 0 aliphatic carbocycles. The first-order valence-corrected chi connectivity index (χ1v) is 7.63. The zero-order valence-corrected chi connectivity index (χ0v) is 13.3. The summed E-state index contributed by atoms with van der Waals surface area (Å²) >= 11 is 3.48. The zero-order valence-electron chi connectivity index (χ0n) is 11.7. The van der Waals surface area contributed by atoms with Gasteiger partial charge in [0, 0.05) is 22.3 Å². The molecule has 3 rings (SSSR count). The monoisotopic (exact) mass is 341 g/mol. The highest BCUT2D eigenvalue weighted by molar-refractivity contribution is 9.10. The van der Waals surface area contributed by atoms with Crippen LogP contribution in [-0.4, -0.2) is 5.11 Å². The van der Waals surface area contributed by atoms with Gasteiger partial charge >= 0.3 is 0 Å². The summed E-state index contributed by atoms with van der Waals surface area (Å²) in [5.74, 6) is 0.370. The Morgan fingerprint density at radius 2 is 1.76 bits per heavy atom. The molecule has 0 radical (unpaired) electrons. The summed E-state index contributed by atoms with van der Waals surface area (Å²) in [7, 11) is 0. The summed E-state index contributed by atoms with van der Waals surface area (Å²) in [6.07, 6.45) is 0. The quantitative estimate of drug-likeness (QED) is 0.683. The third-order valence-corrected chi connectivity index (χ3v) is 4.10. The molecule has 0 heterocycles. The second kappa shape index (κ2) is 5.78. The number of fused-ring (bicyclic) bond motifs is 1. The van der Waals surface area contributed by atoms with Crippen LogP contribution in [0.15, 0.2) is 59.1 Å². The fourth-order valence-electron chi connectivity index (χ4n) is 2.39. The van der Waals surface area contributed by atoms with Crippen LogP contribution in [-0.2, 0) is 6.54 Å². The second-order valence-electron chi connectivity index (χ2n) is 5.14. The molecule has 106 valence electrons. The van der Waals surface area contributed by atoms with E-state index >= 15 is 0 Å². The van der Waals surface area contributed by atoms with Crippen molar-refractivity contribution in [3.8, 4) is 5.75 Å². The van der Waals surface area contributed by atoms with Gasteiger partial charge < -0.3 is 10.4 Å². The van der Waals surface area contributed by atoms with Gasteiger partial charge in [0.15, 0.2) is 0 Å². The number of para-hydroxylation sites is 1. The van der Waals surface area contributed by atoms with E-state index in [9.17, 15) is 5.11 Å². The Bertz CT molecular complexity index is 798. The number of phenols is 1.